The van der Waals surface area contributed by atoms with E-state index in [4.69, 9.17) is 0 Å². The van der Waals surface area contributed by atoms with E-state index in [0.717, 1.165) is 29.7 Å². The van der Waals surface area contributed by atoms with Crippen molar-refractivity contribution in [1.82, 2.24) is 4.90 Å². The zero-order chi connectivity index (χ0) is 18.4. The van der Waals surface area contributed by atoms with Gasteiger partial charge in [0.25, 0.3) is 11.8 Å². The minimum atomic E-state index is -0.210. The van der Waals surface area contributed by atoms with Gasteiger partial charge in [0.15, 0.2) is 0 Å². The zero-order valence-electron chi connectivity index (χ0n) is 15.4. The van der Waals surface area contributed by atoms with Crippen LogP contribution in [0.4, 0.5) is 5.69 Å². The Hall–Kier alpha value is -2.62. The third-order valence-electron chi connectivity index (χ3n) is 4.20. The van der Waals surface area contributed by atoms with Gasteiger partial charge in [-0.25, -0.2) is 0 Å². The van der Waals surface area contributed by atoms with Crippen LogP contribution in [-0.4, -0.2) is 30.3 Å². The van der Waals surface area contributed by atoms with Crippen molar-refractivity contribution in [1.29, 1.82) is 0 Å². The first-order valence-electron chi connectivity index (χ1n) is 8.66. The largest absolute Gasteiger partial charge is 0.342 e. The average molecular weight is 338 g/mol. The first kappa shape index (κ1) is 18.7. The molecule has 0 aliphatic carbocycles. The molecular weight excluding hydrogens is 312 g/mol. The molecule has 2 rings (SSSR count). The second-order valence-electron chi connectivity index (χ2n) is 6.43. The smallest absolute Gasteiger partial charge is 0.255 e. The van der Waals surface area contributed by atoms with Crippen LogP contribution in [0.5, 0.6) is 0 Å². The van der Waals surface area contributed by atoms with Crippen molar-refractivity contribution in [3.63, 3.8) is 0 Å². The Morgan fingerprint density at radius 2 is 1.76 bits per heavy atom. The van der Waals surface area contributed by atoms with Gasteiger partial charge in [-0.3, -0.25) is 9.59 Å². The van der Waals surface area contributed by atoms with Gasteiger partial charge in [0.1, 0.15) is 0 Å². The van der Waals surface area contributed by atoms with E-state index in [0.29, 0.717) is 17.7 Å². The molecule has 0 saturated carbocycles. The Balaban J connectivity index is 2.14. The average Bonchev–Trinajstić information content (AvgIpc) is 2.61. The van der Waals surface area contributed by atoms with Gasteiger partial charge in [-0.1, -0.05) is 37.1 Å². The van der Waals surface area contributed by atoms with E-state index in [9.17, 15) is 9.59 Å². The second-order valence-corrected chi connectivity index (χ2v) is 6.43. The van der Waals surface area contributed by atoms with Gasteiger partial charge in [0, 0.05) is 30.4 Å². The maximum Gasteiger partial charge on any atom is 0.255 e. The van der Waals surface area contributed by atoms with Crippen LogP contribution in [0.25, 0.3) is 0 Å². The normalized spacial score (nSPS) is 10.4. The molecule has 0 unspecified atom stereocenters. The SMILES string of the molecule is CCCCN(C)C(=O)c1cccc(C(=O)Nc2ccc(C)cc2C)c1. The van der Waals surface area contributed by atoms with Crippen LogP contribution in [0.15, 0.2) is 42.5 Å². The fraction of sp³-hybridized carbons (Fsp3) is 0.333. The number of amides is 2. The van der Waals surface area contributed by atoms with Crippen molar-refractivity contribution in [2.75, 3.05) is 18.9 Å². The summed E-state index contributed by atoms with van der Waals surface area (Å²) in [7, 11) is 1.79. The molecule has 0 fully saturated rings. The van der Waals surface area contributed by atoms with Gasteiger partial charge in [0.05, 0.1) is 0 Å². The zero-order valence-corrected chi connectivity index (χ0v) is 15.4. The van der Waals surface area contributed by atoms with Crippen LogP contribution >= 0.6 is 0 Å². The van der Waals surface area contributed by atoms with Crippen molar-refractivity contribution in [2.45, 2.75) is 33.6 Å². The molecular formula is C21H26N2O2. The molecule has 0 aliphatic rings. The molecule has 132 valence electrons. The van der Waals surface area contributed by atoms with Gasteiger partial charge < -0.3 is 10.2 Å². The topological polar surface area (TPSA) is 49.4 Å². The predicted molar refractivity (Wildman–Crippen MR) is 102 cm³/mol. The van der Waals surface area contributed by atoms with Crippen LogP contribution in [0, 0.1) is 13.8 Å². The molecule has 4 heteroatoms. The molecule has 0 atom stereocenters. The quantitative estimate of drug-likeness (QED) is 0.847. The summed E-state index contributed by atoms with van der Waals surface area (Å²) in [5, 5.41) is 2.92. The Labute approximate surface area is 149 Å². The van der Waals surface area contributed by atoms with Crippen molar-refractivity contribution in [3.05, 3.63) is 64.7 Å². The summed E-state index contributed by atoms with van der Waals surface area (Å²) in [5.74, 6) is -0.271. The van der Waals surface area contributed by atoms with Gasteiger partial charge in [0.2, 0.25) is 0 Å². The number of benzene rings is 2. The van der Waals surface area contributed by atoms with E-state index in [2.05, 4.69) is 12.2 Å². The van der Waals surface area contributed by atoms with Crippen molar-refractivity contribution in [3.8, 4) is 0 Å². The summed E-state index contributed by atoms with van der Waals surface area (Å²) >= 11 is 0. The fourth-order valence-electron chi connectivity index (χ4n) is 2.66. The highest BCUT2D eigenvalue weighted by Gasteiger charge is 2.14. The maximum absolute atomic E-state index is 12.5. The number of anilines is 1. The molecule has 2 aromatic carbocycles. The lowest BCUT2D eigenvalue weighted by molar-refractivity contribution is 0.0793. The minimum Gasteiger partial charge on any atom is -0.342 e. The Morgan fingerprint density at radius 1 is 1.04 bits per heavy atom. The third-order valence-corrected chi connectivity index (χ3v) is 4.20. The Morgan fingerprint density at radius 3 is 2.44 bits per heavy atom. The summed E-state index contributed by atoms with van der Waals surface area (Å²) in [5.41, 5.74) is 3.96. The summed E-state index contributed by atoms with van der Waals surface area (Å²) < 4.78 is 0. The monoisotopic (exact) mass is 338 g/mol. The van der Waals surface area contributed by atoms with E-state index >= 15 is 0 Å². The summed E-state index contributed by atoms with van der Waals surface area (Å²) in [4.78, 5) is 26.7. The number of carbonyl (C=O) groups is 2. The first-order valence-corrected chi connectivity index (χ1v) is 8.66. The molecule has 0 saturated heterocycles. The number of nitrogens with zero attached hydrogens (tertiary/aromatic N) is 1. The predicted octanol–water partition coefficient (Wildman–Crippen LogP) is 4.43. The molecule has 0 radical (unpaired) electrons. The highest BCUT2D eigenvalue weighted by molar-refractivity contribution is 6.06. The number of rotatable bonds is 6. The van der Waals surface area contributed by atoms with Crippen molar-refractivity contribution < 1.29 is 9.59 Å². The maximum atomic E-state index is 12.5. The number of hydrogen-bond donors (Lipinski definition) is 1. The molecule has 0 bridgehead atoms. The number of nitrogens with one attached hydrogen (secondary N) is 1. The van der Waals surface area contributed by atoms with Crippen LogP contribution in [0.1, 0.15) is 51.6 Å². The minimum absolute atomic E-state index is 0.0605. The number of carbonyl (C=O) groups excluding carboxylic acids is 2. The van der Waals surface area contributed by atoms with Crippen LogP contribution in [0.2, 0.25) is 0 Å². The standard InChI is InChI=1S/C21H26N2O2/c1-5-6-12-23(4)21(25)18-9-7-8-17(14-18)20(24)22-19-11-10-15(2)13-16(19)3/h7-11,13-14H,5-6,12H2,1-4H3,(H,22,24). The Bertz CT molecular complexity index is 768. The summed E-state index contributed by atoms with van der Waals surface area (Å²) in [6.45, 7) is 6.79. The third kappa shape index (κ3) is 4.92. The summed E-state index contributed by atoms with van der Waals surface area (Å²) in [6, 6.07) is 12.8. The Kier molecular flexibility index (Phi) is 6.34. The van der Waals surface area contributed by atoms with E-state index < -0.39 is 0 Å². The van der Waals surface area contributed by atoms with Crippen LogP contribution in [0.3, 0.4) is 0 Å². The molecule has 0 spiro atoms. The number of hydrogen-bond acceptors (Lipinski definition) is 2. The first-order chi connectivity index (χ1) is 11.9. The lowest BCUT2D eigenvalue weighted by Gasteiger charge is -2.17. The van der Waals surface area contributed by atoms with Crippen molar-refractivity contribution >= 4 is 17.5 Å². The number of aryl methyl sites for hydroxylation is 2. The van der Waals surface area contributed by atoms with Gasteiger partial charge in [-0.15, -0.1) is 0 Å². The van der Waals surface area contributed by atoms with E-state index in [-0.39, 0.29) is 11.8 Å². The fourth-order valence-corrected chi connectivity index (χ4v) is 2.66. The number of unbranched alkanes of at least 4 members (excludes halogenated alkanes) is 1. The van der Waals surface area contributed by atoms with Crippen LogP contribution in [-0.2, 0) is 0 Å². The molecule has 0 aromatic heterocycles. The molecule has 2 aromatic rings. The molecule has 0 heterocycles. The lowest BCUT2D eigenvalue weighted by Crippen LogP contribution is -2.28. The second kappa shape index (κ2) is 8.47. The van der Waals surface area contributed by atoms with Crippen molar-refractivity contribution in [2.24, 2.45) is 0 Å². The highest BCUT2D eigenvalue weighted by Crippen LogP contribution is 2.18. The van der Waals surface area contributed by atoms with E-state index in [1.54, 1.807) is 36.2 Å². The lowest BCUT2D eigenvalue weighted by atomic mass is 10.1. The summed E-state index contributed by atoms with van der Waals surface area (Å²) in [6.07, 6.45) is 2.01. The molecule has 4 nitrogen and oxygen atoms in total. The highest BCUT2D eigenvalue weighted by atomic mass is 16.2. The van der Waals surface area contributed by atoms with E-state index in [1.165, 1.54) is 0 Å². The molecule has 0 aliphatic heterocycles. The molecule has 25 heavy (non-hydrogen) atoms. The molecule has 1 N–H and O–H groups in total. The van der Waals surface area contributed by atoms with Crippen LogP contribution < -0.4 is 5.32 Å². The van der Waals surface area contributed by atoms with Gasteiger partial charge >= 0.3 is 0 Å². The van der Waals surface area contributed by atoms with E-state index in [1.807, 2.05) is 32.0 Å². The molecule has 2 amide bonds. The van der Waals surface area contributed by atoms with Gasteiger partial charge in [-0.05, 0) is 50.1 Å². The van der Waals surface area contributed by atoms with Gasteiger partial charge in [-0.2, -0.15) is 0 Å².